The highest BCUT2D eigenvalue weighted by atomic mass is 16.5. The van der Waals surface area contributed by atoms with E-state index in [4.69, 9.17) is 4.74 Å². The highest BCUT2D eigenvalue weighted by molar-refractivity contribution is 5.85. The van der Waals surface area contributed by atoms with Gasteiger partial charge in [-0.05, 0) is 25.0 Å². The second-order valence-electron chi connectivity index (χ2n) is 6.51. The van der Waals surface area contributed by atoms with E-state index in [2.05, 4.69) is 4.98 Å². The summed E-state index contributed by atoms with van der Waals surface area (Å²) in [6.45, 7) is 2.32. The molecule has 2 aliphatic rings. The van der Waals surface area contributed by atoms with Crippen LogP contribution >= 0.6 is 0 Å². The van der Waals surface area contributed by atoms with Crippen LogP contribution in [0.5, 0.6) is 5.75 Å². The van der Waals surface area contributed by atoms with Crippen molar-refractivity contribution >= 4 is 11.8 Å². The minimum atomic E-state index is 0.0603. The van der Waals surface area contributed by atoms with E-state index in [0.717, 1.165) is 37.9 Å². The van der Waals surface area contributed by atoms with Crippen molar-refractivity contribution in [3.8, 4) is 5.75 Å². The molecule has 0 bridgehead atoms. The molecule has 130 valence electrons. The normalized spacial score (nSPS) is 19.9. The molecule has 0 aromatic carbocycles. The van der Waals surface area contributed by atoms with Crippen molar-refractivity contribution in [3.05, 3.63) is 24.5 Å². The number of piperidine rings is 1. The summed E-state index contributed by atoms with van der Waals surface area (Å²) >= 11 is 0. The minimum Gasteiger partial charge on any atom is -0.489 e. The molecule has 3 rings (SSSR count). The fourth-order valence-electron chi connectivity index (χ4n) is 3.30. The van der Waals surface area contributed by atoms with Gasteiger partial charge in [0.2, 0.25) is 11.8 Å². The van der Waals surface area contributed by atoms with Gasteiger partial charge in [0.1, 0.15) is 11.9 Å². The summed E-state index contributed by atoms with van der Waals surface area (Å²) in [5, 5.41) is 0. The van der Waals surface area contributed by atoms with Crippen LogP contribution < -0.4 is 4.74 Å². The molecular formula is C18H25N3O3. The molecule has 3 heterocycles. The maximum absolute atomic E-state index is 12.5. The highest BCUT2D eigenvalue weighted by Crippen LogP contribution is 2.18. The van der Waals surface area contributed by atoms with E-state index in [0.29, 0.717) is 26.1 Å². The zero-order valence-corrected chi connectivity index (χ0v) is 14.0. The van der Waals surface area contributed by atoms with Gasteiger partial charge in [0.05, 0.1) is 12.7 Å². The van der Waals surface area contributed by atoms with E-state index in [1.54, 1.807) is 17.3 Å². The van der Waals surface area contributed by atoms with E-state index in [1.165, 1.54) is 0 Å². The SMILES string of the molecule is O=C(CN1CCCCCC1=O)N1CCC(Oc2cccnc2)CC1. The van der Waals surface area contributed by atoms with Crippen molar-refractivity contribution in [1.29, 1.82) is 0 Å². The fourth-order valence-corrected chi connectivity index (χ4v) is 3.30. The third-order valence-corrected chi connectivity index (χ3v) is 4.73. The number of aromatic nitrogens is 1. The summed E-state index contributed by atoms with van der Waals surface area (Å²) in [6, 6.07) is 3.75. The predicted molar refractivity (Wildman–Crippen MR) is 89.5 cm³/mol. The fraction of sp³-hybridized carbons (Fsp3) is 0.611. The molecule has 24 heavy (non-hydrogen) atoms. The molecule has 2 fully saturated rings. The first-order chi connectivity index (χ1) is 11.7. The van der Waals surface area contributed by atoms with Crippen LogP contribution in [0.4, 0.5) is 0 Å². The Balaban J connectivity index is 1.45. The van der Waals surface area contributed by atoms with Gasteiger partial charge >= 0.3 is 0 Å². The van der Waals surface area contributed by atoms with E-state index in [-0.39, 0.29) is 24.5 Å². The van der Waals surface area contributed by atoms with E-state index in [9.17, 15) is 9.59 Å². The minimum absolute atomic E-state index is 0.0603. The van der Waals surface area contributed by atoms with Gasteiger partial charge in [-0.3, -0.25) is 14.6 Å². The molecule has 0 aliphatic carbocycles. The molecule has 1 aromatic rings. The van der Waals surface area contributed by atoms with E-state index in [1.807, 2.05) is 17.0 Å². The Hall–Kier alpha value is -2.11. The molecule has 0 radical (unpaired) electrons. The molecule has 2 aliphatic heterocycles. The van der Waals surface area contributed by atoms with Crippen LogP contribution in [0.15, 0.2) is 24.5 Å². The van der Waals surface area contributed by atoms with E-state index >= 15 is 0 Å². The molecule has 2 amide bonds. The van der Waals surface area contributed by atoms with Crippen LogP contribution in [-0.4, -0.2) is 58.9 Å². The van der Waals surface area contributed by atoms with Crippen LogP contribution in [-0.2, 0) is 9.59 Å². The number of likely N-dealkylation sites (tertiary alicyclic amines) is 2. The van der Waals surface area contributed by atoms with Crippen LogP contribution in [0.25, 0.3) is 0 Å². The van der Waals surface area contributed by atoms with Crippen LogP contribution in [0.1, 0.15) is 38.5 Å². The molecule has 1 aromatic heterocycles. The zero-order valence-electron chi connectivity index (χ0n) is 14.0. The average Bonchev–Trinajstić information content (AvgIpc) is 2.81. The summed E-state index contributed by atoms with van der Waals surface area (Å²) < 4.78 is 5.90. The monoisotopic (exact) mass is 331 g/mol. The smallest absolute Gasteiger partial charge is 0.242 e. The number of amides is 2. The summed E-state index contributed by atoms with van der Waals surface area (Å²) in [6.07, 6.45) is 8.78. The topological polar surface area (TPSA) is 62.7 Å². The van der Waals surface area contributed by atoms with Gasteiger partial charge in [0.25, 0.3) is 0 Å². The first kappa shape index (κ1) is 16.7. The second-order valence-corrected chi connectivity index (χ2v) is 6.51. The molecule has 0 saturated carbocycles. The van der Waals surface area contributed by atoms with Gasteiger partial charge in [-0.1, -0.05) is 6.42 Å². The quantitative estimate of drug-likeness (QED) is 0.845. The lowest BCUT2D eigenvalue weighted by molar-refractivity contribution is -0.141. The summed E-state index contributed by atoms with van der Waals surface area (Å²) in [5.74, 6) is 0.957. The molecule has 6 nitrogen and oxygen atoms in total. The largest absolute Gasteiger partial charge is 0.489 e. The lowest BCUT2D eigenvalue weighted by atomic mass is 10.1. The molecule has 2 saturated heterocycles. The highest BCUT2D eigenvalue weighted by Gasteiger charge is 2.26. The maximum Gasteiger partial charge on any atom is 0.242 e. The maximum atomic E-state index is 12.5. The van der Waals surface area contributed by atoms with Gasteiger partial charge in [0, 0.05) is 45.1 Å². The van der Waals surface area contributed by atoms with Crippen LogP contribution in [0.2, 0.25) is 0 Å². The van der Waals surface area contributed by atoms with E-state index < -0.39 is 0 Å². The second kappa shape index (κ2) is 8.13. The van der Waals surface area contributed by atoms with Gasteiger partial charge in [0.15, 0.2) is 0 Å². The molecule has 0 N–H and O–H groups in total. The lowest BCUT2D eigenvalue weighted by Crippen LogP contribution is -2.47. The zero-order chi connectivity index (χ0) is 16.8. The summed E-state index contributed by atoms with van der Waals surface area (Å²) in [5.41, 5.74) is 0. The number of hydrogen-bond acceptors (Lipinski definition) is 4. The molecular weight excluding hydrogens is 306 g/mol. The number of nitrogens with zero attached hydrogens (tertiary/aromatic N) is 3. The predicted octanol–water partition coefficient (Wildman–Crippen LogP) is 1.85. The first-order valence-corrected chi connectivity index (χ1v) is 8.84. The van der Waals surface area contributed by atoms with Crippen molar-refractivity contribution < 1.29 is 14.3 Å². The first-order valence-electron chi connectivity index (χ1n) is 8.84. The average molecular weight is 331 g/mol. The Labute approximate surface area is 142 Å². The van der Waals surface area contributed by atoms with Crippen molar-refractivity contribution in [3.63, 3.8) is 0 Å². The number of pyridine rings is 1. The molecule has 0 spiro atoms. The van der Waals surface area contributed by atoms with Gasteiger partial charge in [-0.2, -0.15) is 0 Å². The molecule has 6 heteroatoms. The van der Waals surface area contributed by atoms with Gasteiger partial charge in [-0.25, -0.2) is 0 Å². The van der Waals surface area contributed by atoms with Gasteiger partial charge < -0.3 is 14.5 Å². The Morgan fingerprint density at radius 2 is 2.04 bits per heavy atom. The van der Waals surface area contributed by atoms with Crippen LogP contribution in [0.3, 0.4) is 0 Å². The number of carbonyl (C=O) groups is 2. The Morgan fingerprint density at radius 1 is 1.21 bits per heavy atom. The van der Waals surface area contributed by atoms with Gasteiger partial charge in [-0.15, -0.1) is 0 Å². The van der Waals surface area contributed by atoms with Crippen molar-refractivity contribution in [2.24, 2.45) is 0 Å². The number of carbonyl (C=O) groups excluding carboxylic acids is 2. The number of hydrogen-bond donors (Lipinski definition) is 0. The molecule has 0 atom stereocenters. The van der Waals surface area contributed by atoms with Crippen molar-refractivity contribution in [1.82, 2.24) is 14.8 Å². The summed E-state index contributed by atoms with van der Waals surface area (Å²) in [7, 11) is 0. The summed E-state index contributed by atoms with van der Waals surface area (Å²) in [4.78, 5) is 32.1. The van der Waals surface area contributed by atoms with Crippen LogP contribution in [0, 0.1) is 0 Å². The van der Waals surface area contributed by atoms with Crippen molar-refractivity contribution in [2.45, 2.75) is 44.6 Å². The Kier molecular flexibility index (Phi) is 5.67. The lowest BCUT2D eigenvalue weighted by Gasteiger charge is -2.33. The number of rotatable bonds is 4. The Morgan fingerprint density at radius 3 is 2.79 bits per heavy atom. The third-order valence-electron chi connectivity index (χ3n) is 4.73. The standard InChI is InChI=1S/C18H25N3O3/c22-17-6-2-1-3-10-21(17)14-18(23)20-11-7-15(8-12-20)24-16-5-4-9-19-13-16/h4-5,9,13,15H,1-3,6-8,10-12,14H2. The third kappa shape index (κ3) is 4.46. The molecule has 0 unspecified atom stereocenters. The Bertz CT molecular complexity index is 556. The number of ether oxygens (including phenoxy) is 1. The van der Waals surface area contributed by atoms with Crippen molar-refractivity contribution in [2.75, 3.05) is 26.2 Å².